The standard InChI is InChI=1S/C7H13IN/c8-4-5-1-2-6-7(3-5)9-6/h5-9H,1-4H2/q+1/p+1. The molecule has 1 saturated carbocycles. The number of nitrogens with two attached hydrogens (primary N) is 1. The highest BCUT2D eigenvalue weighted by atomic mass is 127. The van der Waals surface area contributed by atoms with Crippen molar-refractivity contribution in [1.82, 2.24) is 0 Å². The summed E-state index contributed by atoms with van der Waals surface area (Å²) in [7, 11) is 0. The van der Waals surface area contributed by atoms with Crippen LogP contribution in [-0.2, 0) is 0 Å². The molecule has 52 valence electrons. The van der Waals surface area contributed by atoms with E-state index >= 15 is 0 Å². The summed E-state index contributed by atoms with van der Waals surface area (Å²) in [5.74, 6) is 1.08. The number of rotatable bonds is 1. The van der Waals surface area contributed by atoms with Gasteiger partial charge in [0.25, 0.3) is 22.6 Å². The summed E-state index contributed by atoms with van der Waals surface area (Å²) in [6, 6.07) is 2.12. The predicted octanol–water partition coefficient (Wildman–Crippen LogP) is -3.61. The summed E-state index contributed by atoms with van der Waals surface area (Å²) < 4.78 is 1.42. The summed E-state index contributed by atoms with van der Waals surface area (Å²) in [4.78, 5) is 0. The van der Waals surface area contributed by atoms with Gasteiger partial charge in [0.1, 0.15) is 16.5 Å². The molecule has 0 aromatic heterocycles. The molecule has 1 aliphatic heterocycles. The SMILES string of the molecule is [IH+]CC1CCC2[NH2+]C2C1. The Balaban J connectivity index is 1.86. The molecule has 2 heteroatoms. The summed E-state index contributed by atoms with van der Waals surface area (Å²) in [6.45, 7) is 0. The Morgan fingerprint density at radius 1 is 1.33 bits per heavy atom. The molecule has 0 radical (unpaired) electrons. The van der Waals surface area contributed by atoms with Crippen molar-refractivity contribution in [2.24, 2.45) is 5.92 Å². The summed E-state index contributed by atoms with van der Waals surface area (Å²) in [6.07, 6.45) is 4.53. The van der Waals surface area contributed by atoms with E-state index in [1.165, 1.54) is 23.7 Å². The van der Waals surface area contributed by atoms with Gasteiger partial charge < -0.3 is 5.32 Å². The minimum atomic E-state index is 1.06. The van der Waals surface area contributed by atoms with Crippen molar-refractivity contribution in [3.05, 3.63) is 0 Å². The first-order chi connectivity index (χ1) is 4.40. The quantitative estimate of drug-likeness (QED) is 0.276. The molecule has 2 aliphatic rings. The molecular formula is C7H14IN+2. The van der Waals surface area contributed by atoms with Crippen LogP contribution in [0.5, 0.6) is 0 Å². The van der Waals surface area contributed by atoms with Gasteiger partial charge in [-0.2, -0.15) is 0 Å². The van der Waals surface area contributed by atoms with Crippen LogP contribution in [0.2, 0.25) is 0 Å². The molecule has 1 saturated heterocycles. The van der Waals surface area contributed by atoms with Crippen molar-refractivity contribution < 1.29 is 27.9 Å². The predicted molar refractivity (Wildman–Crippen MR) is 33.1 cm³/mol. The van der Waals surface area contributed by atoms with Crippen molar-refractivity contribution in [2.75, 3.05) is 4.43 Å². The number of fused-ring (bicyclic) bond motifs is 1. The molecule has 0 aromatic carbocycles. The van der Waals surface area contributed by atoms with Crippen molar-refractivity contribution in [3.63, 3.8) is 0 Å². The molecular weight excluding hydrogens is 225 g/mol. The van der Waals surface area contributed by atoms with Gasteiger partial charge in [-0.25, -0.2) is 0 Å². The van der Waals surface area contributed by atoms with Crippen LogP contribution in [-0.4, -0.2) is 16.5 Å². The van der Waals surface area contributed by atoms with E-state index in [0.717, 1.165) is 18.0 Å². The third-order valence-electron chi connectivity index (χ3n) is 2.65. The maximum atomic E-state index is 2.54. The Hall–Kier alpha value is 0.690. The number of hydrogen-bond donors (Lipinski definition) is 1. The third kappa shape index (κ3) is 1.24. The van der Waals surface area contributed by atoms with Gasteiger partial charge in [0.05, 0.1) is 0 Å². The molecule has 0 spiro atoms. The minimum absolute atomic E-state index is 1.06. The molecule has 0 bridgehead atoms. The van der Waals surface area contributed by atoms with E-state index in [1.807, 2.05) is 0 Å². The Kier molecular flexibility index (Phi) is 1.69. The maximum absolute atomic E-state index is 2.54. The average molecular weight is 239 g/mol. The number of quaternary nitrogens is 1. The molecule has 9 heavy (non-hydrogen) atoms. The number of alkyl halides is 1. The van der Waals surface area contributed by atoms with E-state index in [1.54, 1.807) is 0 Å². The molecule has 1 aliphatic carbocycles. The fraction of sp³-hybridized carbons (Fsp3) is 1.00. The minimum Gasteiger partial charge on any atom is -0.332 e. The third-order valence-corrected chi connectivity index (χ3v) is 4.00. The van der Waals surface area contributed by atoms with Crippen LogP contribution in [0.4, 0.5) is 0 Å². The van der Waals surface area contributed by atoms with E-state index in [2.05, 4.69) is 27.9 Å². The lowest BCUT2D eigenvalue weighted by molar-refractivity contribution is -0.515. The normalized spacial score (nSPS) is 48.3. The van der Waals surface area contributed by atoms with Gasteiger partial charge in [0.15, 0.2) is 0 Å². The first-order valence-electron chi connectivity index (χ1n) is 3.83. The van der Waals surface area contributed by atoms with Gasteiger partial charge in [-0.1, -0.05) is 0 Å². The van der Waals surface area contributed by atoms with Crippen LogP contribution in [0.25, 0.3) is 0 Å². The lowest BCUT2D eigenvalue weighted by Crippen LogP contribution is -3.36. The Labute approximate surface area is 69.7 Å². The summed E-state index contributed by atoms with van der Waals surface area (Å²) >= 11 is 2.26. The average Bonchev–Trinajstić information content (AvgIpc) is 2.64. The molecule has 3 unspecified atom stereocenters. The monoisotopic (exact) mass is 239 g/mol. The molecule has 0 amide bonds. The van der Waals surface area contributed by atoms with Crippen molar-refractivity contribution in [3.8, 4) is 0 Å². The van der Waals surface area contributed by atoms with Crippen LogP contribution in [0.15, 0.2) is 0 Å². The first-order valence-corrected chi connectivity index (χ1v) is 5.48. The fourth-order valence-corrected chi connectivity index (χ4v) is 2.76. The second-order valence-corrected chi connectivity index (χ2v) is 4.32. The molecule has 2 N–H and O–H groups in total. The second kappa shape index (κ2) is 2.38. The van der Waals surface area contributed by atoms with Crippen molar-refractivity contribution >= 4 is 0 Å². The maximum Gasteiger partial charge on any atom is 0.252 e. The number of halogens is 1. The highest BCUT2D eigenvalue weighted by Gasteiger charge is 2.47. The van der Waals surface area contributed by atoms with Crippen LogP contribution >= 0.6 is 0 Å². The molecule has 1 heterocycles. The first kappa shape index (κ1) is 6.40. The number of hydrogen-bond acceptors (Lipinski definition) is 0. The van der Waals surface area contributed by atoms with Crippen molar-refractivity contribution in [2.45, 2.75) is 31.3 Å². The second-order valence-electron chi connectivity index (χ2n) is 3.37. The lowest BCUT2D eigenvalue weighted by atomic mass is 9.91. The van der Waals surface area contributed by atoms with Gasteiger partial charge in [-0.15, -0.1) is 0 Å². The zero-order valence-corrected chi connectivity index (χ0v) is 7.88. The van der Waals surface area contributed by atoms with Gasteiger partial charge in [-0.05, 0) is 6.42 Å². The van der Waals surface area contributed by atoms with Gasteiger partial charge in [-0.3, -0.25) is 0 Å². The topological polar surface area (TPSA) is 16.6 Å². The fourth-order valence-electron chi connectivity index (χ4n) is 1.90. The molecule has 2 fully saturated rings. The summed E-state index contributed by atoms with van der Waals surface area (Å²) in [5.41, 5.74) is 0. The zero-order chi connectivity index (χ0) is 6.27. The van der Waals surface area contributed by atoms with Crippen molar-refractivity contribution in [1.29, 1.82) is 0 Å². The zero-order valence-electron chi connectivity index (χ0n) is 5.55. The Bertz CT molecular complexity index is 115. The highest BCUT2D eigenvalue weighted by molar-refractivity contribution is 4.85. The van der Waals surface area contributed by atoms with E-state index in [9.17, 15) is 0 Å². The van der Waals surface area contributed by atoms with Gasteiger partial charge in [0.2, 0.25) is 0 Å². The highest BCUT2D eigenvalue weighted by Crippen LogP contribution is 2.25. The molecule has 3 atom stereocenters. The van der Waals surface area contributed by atoms with E-state index in [-0.39, 0.29) is 0 Å². The molecule has 1 nitrogen and oxygen atoms in total. The van der Waals surface area contributed by atoms with Crippen LogP contribution < -0.4 is 27.9 Å². The van der Waals surface area contributed by atoms with Gasteiger partial charge in [0, 0.05) is 18.8 Å². The summed E-state index contributed by atoms with van der Waals surface area (Å²) in [5, 5.41) is 2.54. The molecule has 0 aromatic rings. The van der Waals surface area contributed by atoms with E-state index in [0.29, 0.717) is 0 Å². The van der Waals surface area contributed by atoms with E-state index < -0.39 is 0 Å². The Morgan fingerprint density at radius 3 is 2.89 bits per heavy atom. The van der Waals surface area contributed by atoms with E-state index in [4.69, 9.17) is 0 Å². The van der Waals surface area contributed by atoms with Crippen LogP contribution in [0.3, 0.4) is 0 Å². The molecule has 2 rings (SSSR count). The lowest BCUT2D eigenvalue weighted by Gasteiger charge is -2.09. The largest absolute Gasteiger partial charge is 0.332 e. The van der Waals surface area contributed by atoms with Gasteiger partial charge >= 0.3 is 0 Å². The van der Waals surface area contributed by atoms with Crippen LogP contribution in [0.1, 0.15) is 19.3 Å². The Morgan fingerprint density at radius 2 is 2.22 bits per heavy atom. The smallest absolute Gasteiger partial charge is 0.252 e. The van der Waals surface area contributed by atoms with Crippen LogP contribution in [0, 0.1) is 5.92 Å².